The molecule has 11 heteroatoms. The minimum Gasteiger partial charge on any atom is -0.347 e. The first kappa shape index (κ1) is 20.6. The second-order valence-electron chi connectivity index (χ2n) is 7.49. The van der Waals surface area contributed by atoms with Gasteiger partial charge in [0.1, 0.15) is 5.52 Å². The molecule has 4 rings (SSSR count). The molecule has 0 spiro atoms. The highest BCUT2D eigenvalue weighted by Gasteiger charge is 2.27. The van der Waals surface area contributed by atoms with E-state index in [0.717, 1.165) is 0 Å². The zero-order valence-corrected chi connectivity index (χ0v) is 17.2. The van der Waals surface area contributed by atoms with Crippen LogP contribution in [0.25, 0.3) is 10.9 Å². The maximum absolute atomic E-state index is 12.6. The molecular weight excluding hydrogens is 402 g/mol. The lowest BCUT2D eigenvalue weighted by atomic mass is 9.95. The van der Waals surface area contributed by atoms with Crippen molar-refractivity contribution in [3.8, 4) is 0 Å². The molecule has 0 aliphatic carbocycles. The predicted molar refractivity (Wildman–Crippen MR) is 109 cm³/mol. The van der Waals surface area contributed by atoms with Gasteiger partial charge in [0.2, 0.25) is 17.7 Å². The molecule has 162 valence electrons. The third-order valence-corrected chi connectivity index (χ3v) is 5.37. The molecule has 1 aliphatic heterocycles. The Morgan fingerprint density at radius 2 is 2.00 bits per heavy atom. The number of carbonyl (C=O) groups excluding carboxylic acids is 2. The van der Waals surface area contributed by atoms with Crippen LogP contribution in [0, 0.1) is 12.8 Å². The van der Waals surface area contributed by atoms with Crippen molar-refractivity contribution in [2.45, 2.75) is 39.3 Å². The molecule has 1 fully saturated rings. The van der Waals surface area contributed by atoms with Gasteiger partial charge in [-0.05, 0) is 31.9 Å². The van der Waals surface area contributed by atoms with Crippen molar-refractivity contribution in [3.05, 3.63) is 46.3 Å². The third-order valence-electron chi connectivity index (χ3n) is 5.37. The van der Waals surface area contributed by atoms with Crippen LogP contribution in [-0.2, 0) is 22.7 Å². The number of aromatic nitrogens is 5. The van der Waals surface area contributed by atoms with E-state index in [-0.39, 0.29) is 42.8 Å². The molecule has 2 amide bonds. The molecule has 1 saturated heterocycles. The number of amides is 2. The fraction of sp³-hybridized carbons (Fsp3) is 0.450. The number of piperidine rings is 1. The molecule has 0 bridgehead atoms. The number of carbonyl (C=O) groups is 2. The van der Waals surface area contributed by atoms with Crippen molar-refractivity contribution in [1.29, 1.82) is 0 Å². The number of rotatable bonds is 6. The zero-order chi connectivity index (χ0) is 21.8. The molecule has 1 N–H and O–H groups in total. The maximum atomic E-state index is 12.6. The van der Waals surface area contributed by atoms with E-state index in [1.54, 1.807) is 36.1 Å². The van der Waals surface area contributed by atoms with E-state index in [4.69, 9.17) is 4.52 Å². The molecule has 0 atom stereocenters. The number of hydrogen-bond donors (Lipinski definition) is 1. The lowest BCUT2D eigenvalue weighted by molar-refractivity contribution is -0.135. The lowest BCUT2D eigenvalue weighted by Gasteiger charge is -2.31. The summed E-state index contributed by atoms with van der Waals surface area (Å²) >= 11 is 0. The first-order valence-electron chi connectivity index (χ1n) is 10.2. The van der Waals surface area contributed by atoms with Crippen molar-refractivity contribution < 1.29 is 14.1 Å². The first-order valence-corrected chi connectivity index (χ1v) is 10.2. The van der Waals surface area contributed by atoms with Crippen molar-refractivity contribution >= 4 is 22.7 Å². The molecule has 3 aromatic rings. The van der Waals surface area contributed by atoms with Gasteiger partial charge in [0.25, 0.3) is 5.56 Å². The predicted octanol–water partition coefficient (Wildman–Crippen LogP) is 0.428. The Morgan fingerprint density at radius 1 is 1.23 bits per heavy atom. The van der Waals surface area contributed by atoms with Crippen LogP contribution in [0.4, 0.5) is 0 Å². The monoisotopic (exact) mass is 425 g/mol. The van der Waals surface area contributed by atoms with Crippen molar-refractivity contribution in [2.24, 2.45) is 5.92 Å². The fourth-order valence-corrected chi connectivity index (χ4v) is 3.64. The summed E-state index contributed by atoms with van der Waals surface area (Å²) in [6.45, 7) is 3.06. The van der Waals surface area contributed by atoms with Gasteiger partial charge < -0.3 is 14.7 Å². The fourth-order valence-electron chi connectivity index (χ4n) is 3.64. The summed E-state index contributed by atoms with van der Waals surface area (Å²) in [7, 11) is 0. The number of likely N-dealkylation sites (tertiary alicyclic amines) is 1. The van der Waals surface area contributed by atoms with Crippen LogP contribution in [0.15, 0.2) is 33.6 Å². The molecule has 31 heavy (non-hydrogen) atoms. The second kappa shape index (κ2) is 9.02. The van der Waals surface area contributed by atoms with Crippen LogP contribution >= 0.6 is 0 Å². The topological polar surface area (TPSA) is 136 Å². The quantitative estimate of drug-likeness (QED) is 0.600. The van der Waals surface area contributed by atoms with Gasteiger partial charge in [-0.3, -0.25) is 14.4 Å². The SMILES string of the molecule is Cc1noc(CNC(=O)C2CCN(C(=O)CCn3nnc4ccccc4c3=O)CC2)n1. The normalized spacial score (nSPS) is 14.7. The Kier molecular flexibility index (Phi) is 6.01. The average Bonchev–Trinajstić information content (AvgIpc) is 3.22. The number of aryl methyl sites for hydroxylation is 2. The molecule has 2 aromatic heterocycles. The molecule has 11 nitrogen and oxygen atoms in total. The largest absolute Gasteiger partial charge is 0.347 e. The average molecular weight is 425 g/mol. The smallest absolute Gasteiger partial charge is 0.277 e. The Labute approximate surface area is 177 Å². The summed E-state index contributed by atoms with van der Waals surface area (Å²) in [5, 5.41) is 14.9. The summed E-state index contributed by atoms with van der Waals surface area (Å²) in [4.78, 5) is 43.2. The highest BCUT2D eigenvalue weighted by Crippen LogP contribution is 2.18. The van der Waals surface area contributed by atoms with E-state index in [1.165, 1.54) is 4.68 Å². The first-order chi connectivity index (χ1) is 15.0. The Hall–Kier alpha value is -3.63. The van der Waals surface area contributed by atoms with Gasteiger partial charge in [0.15, 0.2) is 5.82 Å². The maximum Gasteiger partial charge on any atom is 0.277 e. The molecular formula is C20H23N7O4. The van der Waals surface area contributed by atoms with Gasteiger partial charge >= 0.3 is 0 Å². The van der Waals surface area contributed by atoms with Crippen molar-refractivity contribution in [3.63, 3.8) is 0 Å². The molecule has 0 saturated carbocycles. The highest BCUT2D eigenvalue weighted by atomic mass is 16.5. The number of fused-ring (bicyclic) bond motifs is 1. The van der Waals surface area contributed by atoms with E-state index in [0.29, 0.717) is 48.5 Å². The minimum atomic E-state index is -0.259. The van der Waals surface area contributed by atoms with Crippen LogP contribution in [-0.4, -0.2) is 54.9 Å². The van der Waals surface area contributed by atoms with Gasteiger partial charge in [0, 0.05) is 25.4 Å². The molecule has 0 radical (unpaired) electrons. The molecule has 1 aliphatic rings. The Bertz CT molecular complexity index is 1150. The second-order valence-corrected chi connectivity index (χ2v) is 7.49. The van der Waals surface area contributed by atoms with Crippen LogP contribution in [0.2, 0.25) is 0 Å². The zero-order valence-electron chi connectivity index (χ0n) is 17.2. The van der Waals surface area contributed by atoms with Crippen LogP contribution in [0.1, 0.15) is 31.0 Å². The number of benzene rings is 1. The van der Waals surface area contributed by atoms with Gasteiger partial charge in [-0.15, -0.1) is 5.10 Å². The van der Waals surface area contributed by atoms with Crippen LogP contribution in [0.3, 0.4) is 0 Å². The summed E-state index contributed by atoms with van der Waals surface area (Å²) in [5.74, 6) is 0.573. The van der Waals surface area contributed by atoms with Crippen molar-refractivity contribution in [2.75, 3.05) is 13.1 Å². The minimum absolute atomic E-state index is 0.0675. The van der Waals surface area contributed by atoms with Crippen molar-refractivity contribution in [1.82, 2.24) is 35.4 Å². The summed E-state index contributed by atoms with van der Waals surface area (Å²) < 4.78 is 6.21. The van der Waals surface area contributed by atoms with E-state index in [9.17, 15) is 14.4 Å². The molecule has 3 heterocycles. The summed E-state index contributed by atoms with van der Waals surface area (Å²) in [5.41, 5.74) is 0.273. The molecule has 0 unspecified atom stereocenters. The number of hydrogen-bond acceptors (Lipinski definition) is 8. The Morgan fingerprint density at radius 3 is 2.74 bits per heavy atom. The Balaban J connectivity index is 1.25. The molecule has 1 aromatic carbocycles. The summed E-state index contributed by atoms with van der Waals surface area (Å²) in [6.07, 6.45) is 1.31. The van der Waals surface area contributed by atoms with Crippen LogP contribution in [0.5, 0.6) is 0 Å². The number of nitrogens with one attached hydrogen (secondary N) is 1. The van der Waals surface area contributed by atoms with Gasteiger partial charge in [-0.1, -0.05) is 22.5 Å². The van der Waals surface area contributed by atoms with Crippen LogP contribution < -0.4 is 10.9 Å². The van der Waals surface area contributed by atoms with E-state index in [2.05, 4.69) is 25.8 Å². The van der Waals surface area contributed by atoms with Gasteiger partial charge in [-0.2, -0.15) is 4.98 Å². The van der Waals surface area contributed by atoms with Gasteiger partial charge in [0.05, 0.1) is 18.5 Å². The standard InChI is InChI=1S/C20H23N7O4/c1-13-22-17(31-24-13)12-21-19(29)14-6-9-26(10-7-14)18(28)8-11-27-20(30)15-4-2-3-5-16(15)23-25-27/h2-5,14H,6-12H2,1H3,(H,21,29). The van der Waals surface area contributed by atoms with E-state index < -0.39 is 0 Å². The highest BCUT2D eigenvalue weighted by molar-refractivity contribution is 5.80. The van der Waals surface area contributed by atoms with Gasteiger partial charge in [-0.25, -0.2) is 4.68 Å². The third kappa shape index (κ3) is 4.76. The van der Waals surface area contributed by atoms with E-state index in [1.807, 2.05) is 0 Å². The lowest BCUT2D eigenvalue weighted by Crippen LogP contribution is -2.43. The number of nitrogens with zero attached hydrogens (tertiary/aromatic N) is 6. The van der Waals surface area contributed by atoms with E-state index >= 15 is 0 Å². The summed E-state index contributed by atoms with van der Waals surface area (Å²) in [6, 6.07) is 6.98.